The molecule has 96 valence electrons. The van der Waals surface area contributed by atoms with Crippen molar-refractivity contribution < 1.29 is 4.74 Å². The highest BCUT2D eigenvalue weighted by atomic mass is 16.5. The van der Waals surface area contributed by atoms with Gasteiger partial charge < -0.3 is 15.4 Å². The fraction of sp³-hybridized carbons (Fsp3) is 0.133. The monoisotopic (exact) mass is 253 g/mol. The summed E-state index contributed by atoms with van der Waals surface area (Å²) in [4.78, 5) is 1.96. The molecule has 0 amide bonds. The lowest BCUT2D eigenvalue weighted by molar-refractivity contribution is 0.483. The highest BCUT2D eigenvalue weighted by Gasteiger charge is 2.08. The predicted molar refractivity (Wildman–Crippen MR) is 76.4 cm³/mol. The van der Waals surface area contributed by atoms with Gasteiger partial charge in [-0.1, -0.05) is 12.1 Å². The molecule has 2 rings (SSSR count). The number of benzene rings is 2. The molecular formula is C15H15N3O. The van der Waals surface area contributed by atoms with E-state index in [0.29, 0.717) is 22.7 Å². The minimum absolute atomic E-state index is 0.483. The second-order valence-electron chi connectivity index (χ2n) is 4.33. The first kappa shape index (κ1) is 12.8. The molecule has 4 nitrogen and oxygen atoms in total. The Balaban J connectivity index is 2.38. The van der Waals surface area contributed by atoms with E-state index in [1.165, 1.54) is 0 Å². The van der Waals surface area contributed by atoms with Gasteiger partial charge in [-0.05, 0) is 24.3 Å². The summed E-state index contributed by atoms with van der Waals surface area (Å²) in [5.41, 5.74) is 7.91. The smallest absolute Gasteiger partial charge is 0.152 e. The maximum Gasteiger partial charge on any atom is 0.152 e. The summed E-state index contributed by atoms with van der Waals surface area (Å²) < 4.78 is 5.75. The van der Waals surface area contributed by atoms with Crippen LogP contribution in [-0.2, 0) is 0 Å². The molecule has 2 aromatic rings. The Bertz CT molecular complexity index is 630. The molecule has 0 saturated carbocycles. The van der Waals surface area contributed by atoms with E-state index in [4.69, 9.17) is 15.7 Å². The van der Waals surface area contributed by atoms with Crippen LogP contribution in [0.2, 0.25) is 0 Å². The largest absolute Gasteiger partial charge is 0.454 e. The molecule has 0 aromatic heterocycles. The lowest BCUT2D eigenvalue weighted by Gasteiger charge is -2.16. The molecule has 0 bridgehead atoms. The van der Waals surface area contributed by atoms with Gasteiger partial charge in [-0.25, -0.2) is 0 Å². The lowest BCUT2D eigenvalue weighted by Crippen LogP contribution is -2.08. The Morgan fingerprint density at radius 1 is 1.11 bits per heavy atom. The normalized spacial score (nSPS) is 9.74. The van der Waals surface area contributed by atoms with Crippen LogP contribution < -0.4 is 15.4 Å². The zero-order valence-electron chi connectivity index (χ0n) is 10.9. The molecular weight excluding hydrogens is 238 g/mol. The molecule has 0 fully saturated rings. The Kier molecular flexibility index (Phi) is 3.58. The van der Waals surface area contributed by atoms with Gasteiger partial charge in [-0.15, -0.1) is 0 Å². The summed E-state index contributed by atoms with van der Waals surface area (Å²) in [5.74, 6) is 1.06. The molecule has 0 aliphatic rings. The molecule has 2 N–H and O–H groups in total. The molecule has 0 aliphatic carbocycles. The number of anilines is 2. The minimum atomic E-state index is 0.483. The van der Waals surface area contributed by atoms with Gasteiger partial charge >= 0.3 is 0 Å². The fourth-order valence-electron chi connectivity index (χ4n) is 1.66. The van der Waals surface area contributed by atoms with E-state index in [9.17, 15) is 0 Å². The molecule has 0 aliphatic heterocycles. The molecule has 0 radical (unpaired) electrons. The van der Waals surface area contributed by atoms with E-state index in [1.807, 2.05) is 37.2 Å². The summed E-state index contributed by atoms with van der Waals surface area (Å²) in [5, 5.41) is 9.04. The number of rotatable bonds is 3. The van der Waals surface area contributed by atoms with Gasteiger partial charge in [0.25, 0.3) is 0 Å². The summed E-state index contributed by atoms with van der Waals surface area (Å²) in [6, 6.07) is 14.7. The first-order chi connectivity index (χ1) is 9.11. The summed E-state index contributed by atoms with van der Waals surface area (Å²) >= 11 is 0. The van der Waals surface area contributed by atoms with Gasteiger partial charge in [0.05, 0.1) is 11.3 Å². The molecule has 4 heteroatoms. The van der Waals surface area contributed by atoms with E-state index in [-0.39, 0.29) is 0 Å². The van der Waals surface area contributed by atoms with Crippen LogP contribution in [0.3, 0.4) is 0 Å². The van der Waals surface area contributed by atoms with Crippen molar-refractivity contribution in [3.8, 4) is 17.6 Å². The van der Waals surface area contributed by atoms with Crippen LogP contribution in [0.1, 0.15) is 5.56 Å². The van der Waals surface area contributed by atoms with Gasteiger partial charge in [-0.2, -0.15) is 5.26 Å². The van der Waals surface area contributed by atoms with Crippen LogP contribution in [0.15, 0.2) is 42.5 Å². The maximum atomic E-state index is 9.04. The standard InChI is InChI=1S/C15H15N3O/c1-18(2)12-7-8-13(17)15(9-12)19-14-6-4-3-5-11(14)10-16/h3-9H,17H2,1-2H3. The third kappa shape index (κ3) is 2.78. The summed E-state index contributed by atoms with van der Waals surface area (Å²) in [7, 11) is 3.89. The van der Waals surface area contributed by atoms with Gasteiger partial charge in [0, 0.05) is 25.8 Å². The van der Waals surface area contributed by atoms with Crippen molar-refractivity contribution >= 4 is 11.4 Å². The third-order valence-corrected chi connectivity index (χ3v) is 2.74. The van der Waals surface area contributed by atoms with Crippen molar-refractivity contribution in [2.24, 2.45) is 0 Å². The molecule has 19 heavy (non-hydrogen) atoms. The van der Waals surface area contributed by atoms with Crippen LogP contribution >= 0.6 is 0 Å². The molecule has 0 unspecified atom stereocenters. The quantitative estimate of drug-likeness (QED) is 0.854. The predicted octanol–water partition coefficient (Wildman–Crippen LogP) is 3.00. The SMILES string of the molecule is CN(C)c1ccc(N)c(Oc2ccccc2C#N)c1. The number of hydrogen-bond donors (Lipinski definition) is 1. The van der Waals surface area contributed by atoms with E-state index >= 15 is 0 Å². The second kappa shape index (κ2) is 5.32. The van der Waals surface area contributed by atoms with Gasteiger partial charge in [0.2, 0.25) is 0 Å². The number of nitrogen functional groups attached to an aromatic ring is 1. The Morgan fingerprint density at radius 2 is 1.84 bits per heavy atom. The first-order valence-electron chi connectivity index (χ1n) is 5.85. The highest BCUT2D eigenvalue weighted by molar-refractivity contribution is 5.63. The van der Waals surface area contributed by atoms with Crippen molar-refractivity contribution in [2.45, 2.75) is 0 Å². The Hall–Kier alpha value is -2.67. The number of nitrogens with zero attached hydrogens (tertiary/aromatic N) is 2. The van der Waals surface area contributed by atoms with Crippen molar-refractivity contribution in [3.05, 3.63) is 48.0 Å². The molecule has 0 saturated heterocycles. The van der Waals surface area contributed by atoms with Crippen LogP contribution in [0.25, 0.3) is 0 Å². The number of hydrogen-bond acceptors (Lipinski definition) is 4. The molecule has 0 atom stereocenters. The Labute approximate surface area is 112 Å². The van der Waals surface area contributed by atoms with Crippen molar-refractivity contribution in [1.29, 1.82) is 5.26 Å². The fourth-order valence-corrected chi connectivity index (χ4v) is 1.66. The van der Waals surface area contributed by atoms with Crippen molar-refractivity contribution in [2.75, 3.05) is 24.7 Å². The maximum absolute atomic E-state index is 9.04. The second-order valence-corrected chi connectivity index (χ2v) is 4.33. The van der Waals surface area contributed by atoms with Gasteiger partial charge in [0.15, 0.2) is 5.75 Å². The summed E-state index contributed by atoms with van der Waals surface area (Å²) in [6.45, 7) is 0. The number of para-hydroxylation sites is 1. The number of nitrogens with two attached hydrogens (primary N) is 1. The van der Waals surface area contributed by atoms with Crippen LogP contribution in [0, 0.1) is 11.3 Å². The minimum Gasteiger partial charge on any atom is -0.454 e. The van der Waals surface area contributed by atoms with Crippen LogP contribution in [0.5, 0.6) is 11.5 Å². The van der Waals surface area contributed by atoms with E-state index in [2.05, 4.69) is 6.07 Å². The van der Waals surface area contributed by atoms with Crippen molar-refractivity contribution in [3.63, 3.8) is 0 Å². The van der Waals surface area contributed by atoms with E-state index in [1.54, 1.807) is 24.3 Å². The van der Waals surface area contributed by atoms with Crippen LogP contribution in [-0.4, -0.2) is 14.1 Å². The average molecular weight is 253 g/mol. The molecule has 0 spiro atoms. The molecule has 0 heterocycles. The zero-order valence-corrected chi connectivity index (χ0v) is 10.9. The number of nitriles is 1. The van der Waals surface area contributed by atoms with E-state index < -0.39 is 0 Å². The Morgan fingerprint density at radius 3 is 2.53 bits per heavy atom. The molecule has 2 aromatic carbocycles. The number of ether oxygens (including phenoxy) is 1. The van der Waals surface area contributed by atoms with Crippen LogP contribution in [0.4, 0.5) is 11.4 Å². The van der Waals surface area contributed by atoms with E-state index in [0.717, 1.165) is 5.69 Å². The van der Waals surface area contributed by atoms with Crippen molar-refractivity contribution in [1.82, 2.24) is 0 Å². The topological polar surface area (TPSA) is 62.3 Å². The van der Waals surface area contributed by atoms with Gasteiger partial charge in [0.1, 0.15) is 11.8 Å². The average Bonchev–Trinajstić information content (AvgIpc) is 2.41. The first-order valence-corrected chi connectivity index (χ1v) is 5.85. The highest BCUT2D eigenvalue weighted by Crippen LogP contribution is 2.32. The van der Waals surface area contributed by atoms with Gasteiger partial charge in [-0.3, -0.25) is 0 Å². The third-order valence-electron chi connectivity index (χ3n) is 2.74. The zero-order chi connectivity index (χ0) is 13.8. The summed E-state index contributed by atoms with van der Waals surface area (Å²) in [6.07, 6.45) is 0. The lowest BCUT2D eigenvalue weighted by atomic mass is 10.2.